The lowest BCUT2D eigenvalue weighted by molar-refractivity contribution is -0.133. The summed E-state index contributed by atoms with van der Waals surface area (Å²) in [7, 11) is 8.24. The Kier molecular flexibility index (Phi) is 6.23. The minimum Gasteiger partial charge on any atom is -0.341 e. The molecule has 1 amide bonds. The molecule has 0 aromatic heterocycles. The number of nitrogens with two attached hydrogens (primary N) is 1. The number of hydrogen-bond donors (Lipinski definition) is 1. The van der Waals surface area contributed by atoms with E-state index in [1.165, 1.54) is 0 Å². The highest BCUT2D eigenvalue weighted by atomic mass is 16.2. The van der Waals surface area contributed by atoms with Crippen molar-refractivity contribution >= 4 is 5.91 Å². The van der Waals surface area contributed by atoms with Crippen molar-refractivity contribution in [3.05, 3.63) is 0 Å². The number of carbonyl (C=O) groups is 1. The second-order valence-corrected chi connectivity index (χ2v) is 6.26. The number of amides is 1. The summed E-state index contributed by atoms with van der Waals surface area (Å²) in [4.78, 5) is 18.6. The lowest BCUT2D eigenvalue weighted by Gasteiger charge is -2.27. The molecule has 112 valence electrons. The highest BCUT2D eigenvalue weighted by Crippen LogP contribution is 2.34. The van der Waals surface area contributed by atoms with Gasteiger partial charge in [0.25, 0.3) is 0 Å². The predicted molar refractivity (Wildman–Crippen MR) is 79.1 cm³/mol. The Balaban J connectivity index is 2.40. The quantitative estimate of drug-likeness (QED) is 0.651. The molecule has 1 aliphatic carbocycles. The van der Waals surface area contributed by atoms with Crippen molar-refractivity contribution in [2.75, 3.05) is 54.4 Å². The molecule has 5 nitrogen and oxygen atoms in total. The monoisotopic (exact) mass is 270 g/mol. The van der Waals surface area contributed by atoms with Crippen molar-refractivity contribution in [3.63, 3.8) is 0 Å². The molecule has 0 atom stereocenters. The summed E-state index contributed by atoms with van der Waals surface area (Å²) in [6.07, 6.45) is 3.72. The first-order valence-corrected chi connectivity index (χ1v) is 7.23. The van der Waals surface area contributed by atoms with Crippen LogP contribution in [-0.4, -0.2) is 80.5 Å². The highest BCUT2D eigenvalue weighted by molar-refractivity contribution is 5.89. The van der Waals surface area contributed by atoms with E-state index in [2.05, 4.69) is 38.0 Å². The van der Waals surface area contributed by atoms with Crippen molar-refractivity contribution in [3.8, 4) is 0 Å². The molecule has 19 heavy (non-hydrogen) atoms. The highest BCUT2D eigenvalue weighted by Gasteiger charge is 2.47. The van der Waals surface area contributed by atoms with Gasteiger partial charge in [-0.25, -0.2) is 0 Å². The molecule has 5 heteroatoms. The molecular formula is C14H30N4O. The van der Waals surface area contributed by atoms with Crippen LogP contribution in [0.15, 0.2) is 0 Å². The van der Waals surface area contributed by atoms with Gasteiger partial charge in [0.15, 0.2) is 0 Å². The Hall–Kier alpha value is -0.650. The van der Waals surface area contributed by atoms with Gasteiger partial charge in [-0.1, -0.05) is 0 Å². The molecule has 0 aromatic rings. The van der Waals surface area contributed by atoms with E-state index in [4.69, 9.17) is 5.73 Å². The number of hydrogen-bond acceptors (Lipinski definition) is 4. The minimum atomic E-state index is -0.532. The smallest absolute Gasteiger partial charge is 0.242 e. The maximum atomic E-state index is 12.4. The molecule has 0 aliphatic heterocycles. The van der Waals surface area contributed by atoms with Crippen molar-refractivity contribution in [2.24, 2.45) is 5.73 Å². The summed E-state index contributed by atoms with van der Waals surface area (Å²) < 4.78 is 0. The van der Waals surface area contributed by atoms with Gasteiger partial charge in [0.05, 0.1) is 5.54 Å². The topological polar surface area (TPSA) is 52.8 Å². The third-order valence-electron chi connectivity index (χ3n) is 3.57. The zero-order valence-corrected chi connectivity index (χ0v) is 13.0. The van der Waals surface area contributed by atoms with Gasteiger partial charge in [-0.2, -0.15) is 0 Å². The van der Waals surface area contributed by atoms with Crippen LogP contribution < -0.4 is 5.73 Å². The fourth-order valence-electron chi connectivity index (χ4n) is 2.13. The fourth-order valence-corrected chi connectivity index (χ4v) is 2.13. The predicted octanol–water partition coefficient (Wildman–Crippen LogP) is 0.210. The van der Waals surface area contributed by atoms with Crippen LogP contribution in [0, 0.1) is 0 Å². The second-order valence-electron chi connectivity index (χ2n) is 6.26. The van der Waals surface area contributed by atoms with Crippen LogP contribution in [0.1, 0.15) is 25.7 Å². The molecule has 0 saturated heterocycles. The lowest BCUT2D eigenvalue weighted by atomic mass is 10.2. The first-order valence-electron chi connectivity index (χ1n) is 7.23. The van der Waals surface area contributed by atoms with Gasteiger partial charge in [0, 0.05) is 13.1 Å². The molecule has 1 aliphatic rings. The molecule has 1 rings (SSSR count). The summed E-state index contributed by atoms with van der Waals surface area (Å²) in [5, 5.41) is 0. The number of carbonyl (C=O) groups excluding carboxylic acids is 1. The van der Waals surface area contributed by atoms with Crippen LogP contribution in [0.2, 0.25) is 0 Å². The Morgan fingerprint density at radius 2 is 1.37 bits per heavy atom. The molecule has 0 bridgehead atoms. The zero-order chi connectivity index (χ0) is 14.5. The normalized spacial score (nSPS) is 17.0. The minimum absolute atomic E-state index is 0.157. The van der Waals surface area contributed by atoms with Crippen LogP contribution in [0.4, 0.5) is 0 Å². The Bertz CT molecular complexity index is 273. The average molecular weight is 270 g/mol. The van der Waals surface area contributed by atoms with E-state index in [0.717, 1.165) is 51.9 Å². The summed E-state index contributed by atoms with van der Waals surface area (Å²) in [6.45, 7) is 3.66. The summed E-state index contributed by atoms with van der Waals surface area (Å²) in [5.74, 6) is 0.157. The number of nitrogens with zero attached hydrogens (tertiary/aromatic N) is 3. The van der Waals surface area contributed by atoms with E-state index in [1.54, 1.807) is 0 Å². The standard InChI is InChI=1S/C14H30N4O/c1-16(2)9-5-11-18(12-6-10-17(3)4)13(19)14(15)7-8-14/h5-12,15H2,1-4H3. The first-order chi connectivity index (χ1) is 8.85. The van der Waals surface area contributed by atoms with E-state index >= 15 is 0 Å². The summed E-state index contributed by atoms with van der Waals surface area (Å²) >= 11 is 0. The van der Waals surface area contributed by atoms with Gasteiger partial charge in [0.2, 0.25) is 5.91 Å². The van der Waals surface area contributed by atoms with Gasteiger partial charge >= 0.3 is 0 Å². The maximum Gasteiger partial charge on any atom is 0.242 e. The van der Waals surface area contributed by atoms with E-state index in [0.29, 0.717) is 0 Å². The first kappa shape index (κ1) is 16.4. The average Bonchev–Trinajstić information content (AvgIpc) is 3.05. The van der Waals surface area contributed by atoms with Crippen LogP contribution in [-0.2, 0) is 4.79 Å². The van der Waals surface area contributed by atoms with Gasteiger partial charge < -0.3 is 20.4 Å². The lowest BCUT2D eigenvalue weighted by Crippen LogP contribution is -2.47. The van der Waals surface area contributed by atoms with E-state index in [-0.39, 0.29) is 5.91 Å². The van der Waals surface area contributed by atoms with Crippen LogP contribution in [0.3, 0.4) is 0 Å². The molecule has 0 heterocycles. The van der Waals surface area contributed by atoms with Crippen LogP contribution in [0.5, 0.6) is 0 Å². The second kappa shape index (κ2) is 7.22. The third-order valence-corrected chi connectivity index (χ3v) is 3.57. The molecule has 2 N–H and O–H groups in total. The SMILES string of the molecule is CN(C)CCCN(CCCN(C)C)C(=O)C1(N)CC1. The van der Waals surface area contributed by atoms with Crippen molar-refractivity contribution in [2.45, 2.75) is 31.2 Å². The summed E-state index contributed by atoms with van der Waals surface area (Å²) in [6, 6.07) is 0. The largest absolute Gasteiger partial charge is 0.341 e. The van der Waals surface area contributed by atoms with E-state index in [1.807, 2.05) is 4.90 Å². The van der Waals surface area contributed by atoms with E-state index < -0.39 is 5.54 Å². The maximum absolute atomic E-state index is 12.4. The van der Waals surface area contributed by atoms with Crippen LogP contribution in [0.25, 0.3) is 0 Å². The Morgan fingerprint density at radius 1 is 0.947 bits per heavy atom. The zero-order valence-electron chi connectivity index (χ0n) is 13.0. The number of rotatable bonds is 9. The third kappa shape index (κ3) is 5.89. The molecule has 1 fully saturated rings. The Morgan fingerprint density at radius 3 is 1.68 bits per heavy atom. The van der Waals surface area contributed by atoms with Crippen molar-refractivity contribution in [1.29, 1.82) is 0 Å². The fraction of sp³-hybridized carbons (Fsp3) is 0.929. The molecule has 0 aromatic carbocycles. The summed E-state index contributed by atoms with van der Waals surface area (Å²) in [5.41, 5.74) is 5.51. The van der Waals surface area contributed by atoms with Gasteiger partial charge in [0.1, 0.15) is 0 Å². The van der Waals surface area contributed by atoms with E-state index in [9.17, 15) is 4.79 Å². The van der Waals surface area contributed by atoms with Gasteiger partial charge in [-0.05, 0) is 67.0 Å². The van der Waals surface area contributed by atoms with Gasteiger partial charge in [-0.15, -0.1) is 0 Å². The molecule has 0 spiro atoms. The molecule has 1 saturated carbocycles. The van der Waals surface area contributed by atoms with Crippen molar-refractivity contribution < 1.29 is 4.79 Å². The Labute approximate surface area is 117 Å². The van der Waals surface area contributed by atoms with Crippen LogP contribution >= 0.6 is 0 Å². The van der Waals surface area contributed by atoms with Gasteiger partial charge in [-0.3, -0.25) is 4.79 Å². The molecule has 0 unspecified atom stereocenters. The van der Waals surface area contributed by atoms with Crippen molar-refractivity contribution in [1.82, 2.24) is 14.7 Å². The molecule has 0 radical (unpaired) electrons. The molecular weight excluding hydrogens is 240 g/mol.